The first-order valence-electron chi connectivity index (χ1n) is 7.38. The van der Waals surface area contributed by atoms with Crippen LogP contribution in [-0.4, -0.2) is 11.8 Å². The van der Waals surface area contributed by atoms with Crippen molar-refractivity contribution in [3.63, 3.8) is 0 Å². The molecule has 1 aliphatic rings. The number of anilines is 1. The van der Waals surface area contributed by atoms with Crippen molar-refractivity contribution < 1.29 is 9.59 Å². The number of allylic oxidation sites excluding steroid dienone is 2. The van der Waals surface area contributed by atoms with Crippen LogP contribution in [0.3, 0.4) is 0 Å². The van der Waals surface area contributed by atoms with Gasteiger partial charge in [-0.1, -0.05) is 24.3 Å². The van der Waals surface area contributed by atoms with Crippen LogP contribution in [0.4, 0.5) is 5.69 Å². The highest BCUT2D eigenvalue weighted by Gasteiger charge is 2.16. The maximum atomic E-state index is 12.0. The Labute approximate surface area is 125 Å². The van der Waals surface area contributed by atoms with Crippen LogP contribution < -0.4 is 10.6 Å². The van der Waals surface area contributed by atoms with E-state index in [4.69, 9.17) is 0 Å². The maximum absolute atomic E-state index is 12.0. The lowest BCUT2D eigenvalue weighted by Gasteiger charge is -2.16. The highest BCUT2D eigenvalue weighted by atomic mass is 16.2. The zero-order chi connectivity index (χ0) is 15.2. The molecule has 0 saturated carbocycles. The van der Waals surface area contributed by atoms with E-state index in [2.05, 4.69) is 22.8 Å². The Hall–Kier alpha value is -2.10. The number of amides is 2. The van der Waals surface area contributed by atoms with Crippen LogP contribution in [0, 0.1) is 5.92 Å². The van der Waals surface area contributed by atoms with Crippen LogP contribution in [-0.2, 0) is 9.59 Å². The zero-order valence-corrected chi connectivity index (χ0v) is 12.6. The topological polar surface area (TPSA) is 58.2 Å². The lowest BCUT2D eigenvalue weighted by Crippen LogP contribution is -2.27. The number of hydrogen-bond acceptors (Lipinski definition) is 2. The monoisotopic (exact) mass is 286 g/mol. The van der Waals surface area contributed by atoms with Crippen LogP contribution in [0.25, 0.3) is 0 Å². The number of rotatable bonds is 5. The summed E-state index contributed by atoms with van der Waals surface area (Å²) in [6.45, 7) is 3.43. The molecular formula is C17H22N2O2. The second kappa shape index (κ2) is 7.07. The fraction of sp³-hybridized carbons (Fsp3) is 0.412. The molecule has 2 N–H and O–H groups in total. The molecule has 0 saturated heterocycles. The Morgan fingerprint density at radius 3 is 2.86 bits per heavy atom. The van der Waals surface area contributed by atoms with Crippen molar-refractivity contribution in [3.05, 3.63) is 42.0 Å². The van der Waals surface area contributed by atoms with E-state index in [1.165, 1.54) is 6.92 Å². The average Bonchev–Trinajstić information content (AvgIpc) is 2.90. The minimum atomic E-state index is -0.100. The van der Waals surface area contributed by atoms with E-state index in [1.807, 2.05) is 31.2 Å². The maximum Gasteiger partial charge on any atom is 0.221 e. The first-order chi connectivity index (χ1) is 10.0. The Balaban J connectivity index is 1.92. The third-order valence-corrected chi connectivity index (χ3v) is 3.64. The summed E-state index contributed by atoms with van der Waals surface area (Å²) in [6, 6.07) is 7.48. The summed E-state index contributed by atoms with van der Waals surface area (Å²) in [5, 5.41) is 5.77. The molecule has 1 aromatic carbocycles. The molecule has 112 valence electrons. The molecule has 1 aliphatic carbocycles. The Morgan fingerprint density at radius 2 is 2.19 bits per heavy atom. The molecule has 2 amide bonds. The molecule has 0 aromatic heterocycles. The smallest absolute Gasteiger partial charge is 0.221 e. The lowest BCUT2D eigenvalue weighted by atomic mass is 10.0. The predicted octanol–water partition coefficient (Wildman–Crippen LogP) is 3.18. The van der Waals surface area contributed by atoms with Gasteiger partial charge in [-0.3, -0.25) is 9.59 Å². The minimum absolute atomic E-state index is 0.0726. The van der Waals surface area contributed by atoms with E-state index >= 15 is 0 Å². The number of carbonyl (C=O) groups is 2. The van der Waals surface area contributed by atoms with E-state index in [0.717, 1.165) is 24.1 Å². The zero-order valence-electron chi connectivity index (χ0n) is 12.6. The van der Waals surface area contributed by atoms with Crippen LogP contribution in [0.5, 0.6) is 0 Å². The second-order valence-electron chi connectivity index (χ2n) is 5.57. The quantitative estimate of drug-likeness (QED) is 0.817. The van der Waals surface area contributed by atoms with E-state index in [-0.39, 0.29) is 17.9 Å². The number of benzene rings is 1. The van der Waals surface area contributed by atoms with Gasteiger partial charge in [0, 0.05) is 19.0 Å². The molecule has 0 fully saturated rings. The molecule has 2 rings (SSSR count). The van der Waals surface area contributed by atoms with E-state index < -0.39 is 0 Å². The van der Waals surface area contributed by atoms with Crippen molar-refractivity contribution >= 4 is 17.5 Å². The minimum Gasteiger partial charge on any atom is -0.350 e. The summed E-state index contributed by atoms with van der Waals surface area (Å²) in [7, 11) is 0. The molecule has 0 heterocycles. The molecule has 0 unspecified atom stereocenters. The van der Waals surface area contributed by atoms with Crippen molar-refractivity contribution in [2.75, 3.05) is 5.32 Å². The number of hydrogen-bond donors (Lipinski definition) is 2. The molecule has 4 heteroatoms. The summed E-state index contributed by atoms with van der Waals surface area (Å²) in [5.74, 6) is 0.351. The normalized spacial score (nSPS) is 18.3. The first-order valence-corrected chi connectivity index (χ1v) is 7.38. The van der Waals surface area contributed by atoms with Crippen LogP contribution in [0.15, 0.2) is 36.4 Å². The highest BCUT2D eigenvalue weighted by molar-refractivity contribution is 5.88. The summed E-state index contributed by atoms with van der Waals surface area (Å²) in [5.41, 5.74) is 1.73. The van der Waals surface area contributed by atoms with Crippen molar-refractivity contribution in [1.82, 2.24) is 5.32 Å². The molecule has 21 heavy (non-hydrogen) atoms. The van der Waals surface area contributed by atoms with E-state index in [1.54, 1.807) is 0 Å². The highest BCUT2D eigenvalue weighted by Crippen LogP contribution is 2.21. The Morgan fingerprint density at radius 1 is 1.38 bits per heavy atom. The molecule has 0 aliphatic heterocycles. The van der Waals surface area contributed by atoms with Crippen LogP contribution in [0.1, 0.15) is 44.7 Å². The molecular weight excluding hydrogens is 264 g/mol. The van der Waals surface area contributed by atoms with Crippen molar-refractivity contribution in [1.29, 1.82) is 0 Å². The summed E-state index contributed by atoms with van der Waals surface area (Å²) >= 11 is 0. The summed E-state index contributed by atoms with van der Waals surface area (Å²) in [6.07, 6.45) is 6.96. The van der Waals surface area contributed by atoms with Gasteiger partial charge in [-0.15, -0.1) is 0 Å². The molecule has 0 spiro atoms. The summed E-state index contributed by atoms with van der Waals surface area (Å²) in [4.78, 5) is 23.1. The number of carbonyl (C=O) groups excluding carboxylic acids is 2. The van der Waals surface area contributed by atoms with Gasteiger partial charge in [-0.25, -0.2) is 0 Å². The van der Waals surface area contributed by atoms with Crippen molar-refractivity contribution in [2.24, 2.45) is 5.92 Å². The lowest BCUT2D eigenvalue weighted by molar-refractivity contribution is -0.122. The fourth-order valence-electron chi connectivity index (χ4n) is 2.58. The van der Waals surface area contributed by atoms with Gasteiger partial charge in [0.15, 0.2) is 0 Å². The summed E-state index contributed by atoms with van der Waals surface area (Å²) < 4.78 is 0. The third kappa shape index (κ3) is 4.74. The predicted molar refractivity (Wildman–Crippen MR) is 83.8 cm³/mol. The van der Waals surface area contributed by atoms with Gasteiger partial charge < -0.3 is 10.6 Å². The second-order valence-corrected chi connectivity index (χ2v) is 5.57. The van der Waals surface area contributed by atoms with Crippen LogP contribution >= 0.6 is 0 Å². The van der Waals surface area contributed by atoms with Gasteiger partial charge in [0.05, 0.1) is 6.04 Å². The largest absolute Gasteiger partial charge is 0.350 e. The van der Waals surface area contributed by atoms with Gasteiger partial charge in [0.1, 0.15) is 0 Å². The van der Waals surface area contributed by atoms with Gasteiger partial charge >= 0.3 is 0 Å². The third-order valence-electron chi connectivity index (χ3n) is 3.64. The SMILES string of the molecule is CC(=O)Nc1cccc([C@H](C)NC(=O)C[C@@H]2C=CCC2)c1. The van der Waals surface area contributed by atoms with E-state index in [9.17, 15) is 9.59 Å². The molecule has 1 aromatic rings. The standard InChI is InChI=1S/C17H22N2O2/c1-12(18-17(21)10-14-6-3-4-7-14)15-8-5-9-16(11-15)19-13(2)20/h3,5-6,8-9,11-12,14H,4,7,10H2,1-2H3,(H,18,21)(H,19,20)/t12-,14+/m0/s1. The molecule has 4 nitrogen and oxygen atoms in total. The van der Waals surface area contributed by atoms with Crippen molar-refractivity contribution in [2.45, 2.75) is 39.2 Å². The fourth-order valence-corrected chi connectivity index (χ4v) is 2.58. The van der Waals surface area contributed by atoms with Gasteiger partial charge in [0.2, 0.25) is 11.8 Å². The Bertz CT molecular complexity index is 551. The average molecular weight is 286 g/mol. The molecule has 0 bridgehead atoms. The molecule has 0 radical (unpaired) electrons. The molecule has 2 atom stereocenters. The van der Waals surface area contributed by atoms with Crippen LogP contribution in [0.2, 0.25) is 0 Å². The van der Waals surface area contributed by atoms with Gasteiger partial charge in [-0.2, -0.15) is 0 Å². The van der Waals surface area contributed by atoms with Gasteiger partial charge in [0.25, 0.3) is 0 Å². The Kier molecular flexibility index (Phi) is 5.14. The first kappa shape index (κ1) is 15.3. The van der Waals surface area contributed by atoms with Crippen molar-refractivity contribution in [3.8, 4) is 0 Å². The number of nitrogens with one attached hydrogen (secondary N) is 2. The van der Waals surface area contributed by atoms with E-state index in [0.29, 0.717) is 12.3 Å². The van der Waals surface area contributed by atoms with Gasteiger partial charge in [-0.05, 0) is 43.4 Å².